The van der Waals surface area contributed by atoms with Crippen molar-refractivity contribution in [3.8, 4) is 0 Å². The maximum Gasteiger partial charge on any atom is 0.227 e. The standard InChI is InChI=1S/C24H26F4N2O2.ClH/c1-13-11-30(12-14(2)24(13,32)20-6-4-16(26)8-22(20)28)23(31)19-10-29-9-18(19)17-5-3-15(25)7-21(17)27;/h3-8,13-14,18-19,29,32H,9-12H2,1-2H3;1H/t13-,14+,18-,19+,24+;/m0./s1. The van der Waals surface area contributed by atoms with E-state index in [0.29, 0.717) is 13.1 Å². The number of carbonyl (C=O) groups is 1. The highest BCUT2D eigenvalue weighted by Gasteiger charge is 2.49. The van der Waals surface area contributed by atoms with Crippen molar-refractivity contribution in [3.63, 3.8) is 0 Å². The van der Waals surface area contributed by atoms with E-state index < -0.39 is 52.5 Å². The first kappa shape index (κ1) is 25.5. The highest BCUT2D eigenvalue weighted by atomic mass is 35.5. The average Bonchev–Trinajstić information content (AvgIpc) is 3.20. The van der Waals surface area contributed by atoms with Crippen LogP contribution in [-0.2, 0) is 10.4 Å². The van der Waals surface area contributed by atoms with Gasteiger partial charge in [-0.05, 0) is 17.7 Å². The molecule has 33 heavy (non-hydrogen) atoms. The number of rotatable bonds is 3. The molecule has 2 aliphatic rings. The minimum absolute atomic E-state index is 0. The molecule has 0 unspecified atom stereocenters. The molecule has 0 aromatic heterocycles. The molecule has 4 nitrogen and oxygen atoms in total. The van der Waals surface area contributed by atoms with Crippen molar-refractivity contribution in [3.05, 3.63) is 70.8 Å². The minimum atomic E-state index is -1.56. The van der Waals surface area contributed by atoms with E-state index in [9.17, 15) is 27.5 Å². The predicted octanol–water partition coefficient (Wildman–Crippen LogP) is 3.97. The van der Waals surface area contributed by atoms with Crippen LogP contribution in [0.25, 0.3) is 0 Å². The van der Waals surface area contributed by atoms with Gasteiger partial charge in [-0.1, -0.05) is 26.0 Å². The SMILES string of the molecule is C[C@@H]1CN(C(=O)[C@@H]2CNC[C@H]2c2ccc(F)cc2F)C[C@H](C)[C@]1(O)c1ccc(F)cc1F.Cl. The molecule has 180 valence electrons. The maximum atomic E-state index is 14.5. The smallest absolute Gasteiger partial charge is 0.227 e. The fraction of sp³-hybridized carbons (Fsp3) is 0.458. The molecular formula is C24H27ClF4N2O2. The highest BCUT2D eigenvalue weighted by molar-refractivity contribution is 5.85. The van der Waals surface area contributed by atoms with Gasteiger partial charge in [0.05, 0.1) is 5.92 Å². The number of likely N-dealkylation sites (tertiary alicyclic amines) is 1. The van der Waals surface area contributed by atoms with Crippen LogP contribution in [0.1, 0.15) is 30.9 Å². The lowest BCUT2D eigenvalue weighted by atomic mass is 9.70. The second kappa shape index (κ2) is 9.60. The predicted molar refractivity (Wildman–Crippen MR) is 118 cm³/mol. The number of aliphatic hydroxyl groups is 1. The third-order valence-corrected chi connectivity index (χ3v) is 7.06. The molecule has 2 heterocycles. The topological polar surface area (TPSA) is 52.6 Å². The summed E-state index contributed by atoms with van der Waals surface area (Å²) in [6, 6.07) is 6.48. The van der Waals surface area contributed by atoms with E-state index in [2.05, 4.69) is 5.32 Å². The van der Waals surface area contributed by atoms with Gasteiger partial charge in [-0.25, -0.2) is 17.6 Å². The van der Waals surface area contributed by atoms with Gasteiger partial charge in [-0.15, -0.1) is 12.4 Å². The van der Waals surface area contributed by atoms with Crippen LogP contribution < -0.4 is 5.32 Å². The Labute approximate surface area is 196 Å². The van der Waals surface area contributed by atoms with Crippen LogP contribution in [0, 0.1) is 41.0 Å². The molecule has 2 fully saturated rings. The van der Waals surface area contributed by atoms with Gasteiger partial charge >= 0.3 is 0 Å². The number of hydrogen-bond donors (Lipinski definition) is 2. The number of carbonyl (C=O) groups excluding carboxylic acids is 1. The molecule has 2 aromatic carbocycles. The number of piperidine rings is 1. The minimum Gasteiger partial charge on any atom is -0.384 e. The zero-order chi connectivity index (χ0) is 23.2. The molecule has 2 saturated heterocycles. The number of hydrogen-bond acceptors (Lipinski definition) is 3. The molecule has 2 N–H and O–H groups in total. The third kappa shape index (κ3) is 4.48. The van der Waals surface area contributed by atoms with Crippen molar-refractivity contribution in [2.75, 3.05) is 26.2 Å². The van der Waals surface area contributed by atoms with Crippen LogP contribution in [-0.4, -0.2) is 42.1 Å². The molecule has 0 spiro atoms. The highest BCUT2D eigenvalue weighted by Crippen LogP contribution is 2.43. The van der Waals surface area contributed by atoms with Gasteiger partial charge in [0.2, 0.25) is 5.91 Å². The first-order chi connectivity index (χ1) is 15.1. The number of nitrogens with zero attached hydrogens (tertiary/aromatic N) is 1. The van der Waals surface area contributed by atoms with Crippen LogP contribution >= 0.6 is 12.4 Å². The Hall–Kier alpha value is -2.16. The van der Waals surface area contributed by atoms with Gasteiger partial charge in [0.15, 0.2) is 0 Å². The summed E-state index contributed by atoms with van der Waals surface area (Å²) in [5.74, 6) is -5.12. The van der Waals surface area contributed by atoms with E-state index in [1.807, 2.05) is 0 Å². The van der Waals surface area contributed by atoms with E-state index in [1.165, 1.54) is 18.2 Å². The van der Waals surface area contributed by atoms with E-state index in [0.717, 1.165) is 18.2 Å². The molecule has 0 saturated carbocycles. The average molecular weight is 487 g/mol. The van der Waals surface area contributed by atoms with Crippen LogP contribution in [0.2, 0.25) is 0 Å². The lowest BCUT2D eigenvalue weighted by molar-refractivity contribution is -0.153. The maximum absolute atomic E-state index is 14.5. The zero-order valence-electron chi connectivity index (χ0n) is 18.3. The molecule has 1 amide bonds. The molecule has 0 aliphatic carbocycles. The molecule has 0 bridgehead atoms. The summed E-state index contributed by atoms with van der Waals surface area (Å²) < 4.78 is 55.6. The Morgan fingerprint density at radius 1 is 0.970 bits per heavy atom. The summed E-state index contributed by atoms with van der Waals surface area (Å²) in [4.78, 5) is 15.0. The monoisotopic (exact) mass is 486 g/mol. The molecular weight excluding hydrogens is 460 g/mol. The second-order valence-electron chi connectivity index (χ2n) is 9.03. The van der Waals surface area contributed by atoms with Crippen LogP contribution in [0.5, 0.6) is 0 Å². The molecule has 0 radical (unpaired) electrons. The van der Waals surface area contributed by atoms with Gasteiger partial charge in [-0.3, -0.25) is 4.79 Å². The van der Waals surface area contributed by atoms with Crippen molar-refractivity contribution in [1.82, 2.24) is 10.2 Å². The second-order valence-corrected chi connectivity index (χ2v) is 9.03. The van der Waals surface area contributed by atoms with Crippen LogP contribution in [0.15, 0.2) is 36.4 Å². The summed E-state index contributed by atoms with van der Waals surface area (Å²) in [7, 11) is 0. The van der Waals surface area contributed by atoms with E-state index in [1.54, 1.807) is 18.7 Å². The van der Waals surface area contributed by atoms with Crippen molar-refractivity contribution >= 4 is 18.3 Å². The number of nitrogens with one attached hydrogen (secondary N) is 1. The lowest BCUT2D eigenvalue weighted by Gasteiger charge is -2.48. The van der Waals surface area contributed by atoms with Crippen molar-refractivity contribution in [2.45, 2.75) is 25.4 Å². The largest absolute Gasteiger partial charge is 0.384 e. The number of amides is 1. The molecule has 2 aliphatic heterocycles. The fourth-order valence-electron chi connectivity index (χ4n) is 5.33. The number of halogens is 5. The number of benzene rings is 2. The Morgan fingerprint density at radius 2 is 1.55 bits per heavy atom. The summed E-state index contributed by atoms with van der Waals surface area (Å²) >= 11 is 0. The molecule has 4 rings (SSSR count). The first-order valence-corrected chi connectivity index (χ1v) is 10.7. The third-order valence-electron chi connectivity index (χ3n) is 7.06. The summed E-state index contributed by atoms with van der Waals surface area (Å²) in [6.45, 7) is 4.54. The molecule has 5 atom stereocenters. The Morgan fingerprint density at radius 3 is 2.12 bits per heavy atom. The normalized spacial score (nSPS) is 29.6. The van der Waals surface area contributed by atoms with Crippen molar-refractivity contribution in [2.24, 2.45) is 17.8 Å². The van der Waals surface area contributed by atoms with Gasteiger partial charge in [-0.2, -0.15) is 0 Å². The fourth-order valence-corrected chi connectivity index (χ4v) is 5.33. The van der Waals surface area contributed by atoms with E-state index >= 15 is 0 Å². The first-order valence-electron chi connectivity index (χ1n) is 10.7. The van der Waals surface area contributed by atoms with Crippen molar-refractivity contribution in [1.29, 1.82) is 0 Å². The zero-order valence-corrected chi connectivity index (χ0v) is 19.1. The summed E-state index contributed by atoms with van der Waals surface area (Å²) in [6.07, 6.45) is 0. The molecule has 9 heteroatoms. The molecule has 2 aromatic rings. The summed E-state index contributed by atoms with van der Waals surface area (Å²) in [5, 5.41) is 14.5. The van der Waals surface area contributed by atoms with Crippen LogP contribution in [0.4, 0.5) is 17.6 Å². The van der Waals surface area contributed by atoms with Crippen LogP contribution in [0.3, 0.4) is 0 Å². The Bertz CT molecular complexity index is 1030. The van der Waals surface area contributed by atoms with E-state index in [-0.39, 0.29) is 42.5 Å². The van der Waals surface area contributed by atoms with Crippen molar-refractivity contribution < 1.29 is 27.5 Å². The van der Waals surface area contributed by atoms with Gasteiger partial charge in [0.25, 0.3) is 0 Å². The summed E-state index contributed by atoms with van der Waals surface area (Å²) in [5.41, 5.74) is -1.26. The quantitative estimate of drug-likeness (QED) is 0.646. The lowest BCUT2D eigenvalue weighted by Crippen LogP contribution is -2.57. The Kier molecular flexibility index (Phi) is 7.41. The van der Waals surface area contributed by atoms with Gasteiger partial charge in [0.1, 0.15) is 28.9 Å². The van der Waals surface area contributed by atoms with Gasteiger partial charge < -0.3 is 15.3 Å². The van der Waals surface area contributed by atoms with E-state index in [4.69, 9.17) is 0 Å². The Balaban J connectivity index is 0.00000306. The van der Waals surface area contributed by atoms with Gasteiger partial charge in [0, 0.05) is 61.6 Å².